The van der Waals surface area contributed by atoms with Gasteiger partial charge in [0.25, 0.3) is 0 Å². The van der Waals surface area contributed by atoms with Gasteiger partial charge in [0, 0.05) is 6.04 Å². The lowest BCUT2D eigenvalue weighted by Gasteiger charge is -2.14. The van der Waals surface area contributed by atoms with Crippen molar-refractivity contribution in [3.05, 3.63) is 56.4 Å². The number of halogens is 3. The van der Waals surface area contributed by atoms with Gasteiger partial charge < -0.3 is 9.73 Å². The maximum absolute atomic E-state index is 6.00. The predicted molar refractivity (Wildman–Crippen MR) is 78.1 cm³/mol. The van der Waals surface area contributed by atoms with E-state index in [9.17, 15) is 0 Å². The van der Waals surface area contributed by atoms with Gasteiger partial charge in [-0.2, -0.15) is 0 Å². The Balaban J connectivity index is 2.01. The molecule has 2 rings (SSSR count). The molecule has 0 saturated heterocycles. The SMILES string of the molecule is CC(NCc1occc1Br)c1ccc(Cl)c(Cl)c1. The van der Waals surface area contributed by atoms with Crippen molar-refractivity contribution >= 4 is 39.1 Å². The van der Waals surface area contributed by atoms with E-state index >= 15 is 0 Å². The van der Waals surface area contributed by atoms with Crippen molar-refractivity contribution in [2.45, 2.75) is 19.5 Å². The molecule has 0 spiro atoms. The summed E-state index contributed by atoms with van der Waals surface area (Å²) in [5.74, 6) is 0.877. The Morgan fingerprint density at radius 3 is 2.67 bits per heavy atom. The molecular weight excluding hydrogens is 337 g/mol. The van der Waals surface area contributed by atoms with Gasteiger partial charge in [0.1, 0.15) is 5.76 Å². The molecule has 1 aromatic carbocycles. The van der Waals surface area contributed by atoms with Gasteiger partial charge in [-0.15, -0.1) is 0 Å². The molecule has 0 fully saturated rings. The highest BCUT2D eigenvalue weighted by Crippen LogP contribution is 2.26. The van der Waals surface area contributed by atoms with E-state index in [1.54, 1.807) is 12.3 Å². The number of rotatable bonds is 4. The lowest BCUT2D eigenvalue weighted by molar-refractivity contribution is 0.458. The first-order valence-electron chi connectivity index (χ1n) is 5.48. The average molecular weight is 349 g/mol. The van der Waals surface area contributed by atoms with Crippen LogP contribution in [0.25, 0.3) is 0 Å². The van der Waals surface area contributed by atoms with E-state index in [0.717, 1.165) is 15.8 Å². The Hall–Kier alpha value is -0.480. The molecule has 96 valence electrons. The lowest BCUT2D eigenvalue weighted by atomic mass is 10.1. The van der Waals surface area contributed by atoms with Gasteiger partial charge in [0.15, 0.2) is 0 Å². The molecule has 1 N–H and O–H groups in total. The summed E-state index contributed by atoms with van der Waals surface area (Å²) in [4.78, 5) is 0. The van der Waals surface area contributed by atoms with Crippen LogP contribution in [0.3, 0.4) is 0 Å². The topological polar surface area (TPSA) is 25.2 Å². The van der Waals surface area contributed by atoms with E-state index in [2.05, 4.69) is 28.2 Å². The summed E-state index contributed by atoms with van der Waals surface area (Å²) in [5.41, 5.74) is 1.09. The Kier molecular flexibility index (Phi) is 4.73. The van der Waals surface area contributed by atoms with Crippen LogP contribution in [-0.4, -0.2) is 0 Å². The summed E-state index contributed by atoms with van der Waals surface area (Å²) in [6, 6.07) is 7.68. The van der Waals surface area contributed by atoms with Gasteiger partial charge >= 0.3 is 0 Å². The fourth-order valence-corrected chi connectivity index (χ4v) is 2.24. The summed E-state index contributed by atoms with van der Waals surface area (Å²) >= 11 is 15.3. The van der Waals surface area contributed by atoms with Crippen molar-refractivity contribution in [2.24, 2.45) is 0 Å². The molecule has 1 unspecified atom stereocenters. The zero-order valence-corrected chi connectivity index (χ0v) is 12.8. The number of benzene rings is 1. The maximum atomic E-state index is 6.00. The first-order valence-corrected chi connectivity index (χ1v) is 7.03. The first-order chi connectivity index (χ1) is 8.58. The Labute approximate surface area is 124 Å². The fraction of sp³-hybridized carbons (Fsp3) is 0.231. The van der Waals surface area contributed by atoms with Crippen LogP contribution < -0.4 is 5.32 Å². The zero-order chi connectivity index (χ0) is 13.1. The van der Waals surface area contributed by atoms with Gasteiger partial charge in [0.05, 0.1) is 27.3 Å². The van der Waals surface area contributed by atoms with Crippen LogP contribution >= 0.6 is 39.1 Å². The third-order valence-electron chi connectivity index (χ3n) is 2.70. The third kappa shape index (κ3) is 3.29. The molecule has 1 aromatic heterocycles. The Morgan fingerprint density at radius 1 is 1.28 bits per heavy atom. The minimum absolute atomic E-state index is 0.164. The second kappa shape index (κ2) is 6.11. The number of furan rings is 1. The summed E-state index contributed by atoms with van der Waals surface area (Å²) in [7, 11) is 0. The van der Waals surface area contributed by atoms with Crippen LogP contribution in [0, 0.1) is 0 Å². The van der Waals surface area contributed by atoms with Crippen molar-refractivity contribution in [3.8, 4) is 0 Å². The largest absolute Gasteiger partial charge is 0.467 e. The van der Waals surface area contributed by atoms with Crippen LogP contribution in [-0.2, 0) is 6.54 Å². The molecule has 1 heterocycles. The van der Waals surface area contributed by atoms with Crippen LogP contribution in [0.5, 0.6) is 0 Å². The molecule has 1 atom stereocenters. The first kappa shape index (κ1) is 13.9. The Bertz CT molecular complexity index is 542. The normalized spacial score (nSPS) is 12.7. The standard InChI is InChI=1S/C13H12BrCl2NO/c1-8(9-2-3-11(15)12(16)6-9)17-7-13-10(14)4-5-18-13/h2-6,8,17H,7H2,1H3. The molecule has 0 bridgehead atoms. The summed E-state index contributed by atoms with van der Waals surface area (Å²) < 4.78 is 6.31. The fourth-order valence-electron chi connectivity index (χ4n) is 1.60. The molecule has 2 aromatic rings. The molecule has 0 aliphatic heterocycles. The van der Waals surface area contributed by atoms with Gasteiger partial charge in [-0.05, 0) is 46.6 Å². The van der Waals surface area contributed by atoms with Crippen LogP contribution in [0.4, 0.5) is 0 Å². The van der Waals surface area contributed by atoms with E-state index in [-0.39, 0.29) is 6.04 Å². The summed E-state index contributed by atoms with van der Waals surface area (Å²) in [6.45, 7) is 2.71. The van der Waals surface area contributed by atoms with Crippen LogP contribution in [0.15, 0.2) is 39.4 Å². The van der Waals surface area contributed by atoms with Crippen molar-refractivity contribution in [1.29, 1.82) is 0 Å². The van der Waals surface area contributed by atoms with E-state index < -0.39 is 0 Å². The number of hydrogen-bond acceptors (Lipinski definition) is 2. The van der Waals surface area contributed by atoms with Crippen LogP contribution in [0.1, 0.15) is 24.3 Å². The molecule has 18 heavy (non-hydrogen) atoms. The van der Waals surface area contributed by atoms with Gasteiger partial charge in [0.2, 0.25) is 0 Å². The highest BCUT2D eigenvalue weighted by atomic mass is 79.9. The minimum Gasteiger partial charge on any atom is -0.467 e. The van der Waals surface area contributed by atoms with Crippen LogP contribution in [0.2, 0.25) is 10.0 Å². The highest BCUT2D eigenvalue weighted by Gasteiger charge is 2.09. The average Bonchev–Trinajstić information content (AvgIpc) is 2.75. The van der Waals surface area contributed by atoms with Gasteiger partial charge in [-0.1, -0.05) is 29.3 Å². The zero-order valence-electron chi connectivity index (χ0n) is 9.71. The second-order valence-electron chi connectivity index (χ2n) is 3.97. The molecule has 0 saturated carbocycles. The molecule has 2 nitrogen and oxygen atoms in total. The molecule has 0 aliphatic carbocycles. The quantitative estimate of drug-likeness (QED) is 0.821. The lowest BCUT2D eigenvalue weighted by Crippen LogP contribution is -2.17. The molecule has 0 amide bonds. The van der Waals surface area contributed by atoms with E-state index in [4.69, 9.17) is 27.6 Å². The van der Waals surface area contributed by atoms with Gasteiger partial charge in [-0.25, -0.2) is 0 Å². The highest BCUT2D eigenvalue weighted by molar-refractivity contribution is 9.10. The van der Waals surface area contributed by atoms with Crippen molar-refractivity contribution in [2.75, 3.05) is 0 Å². The van der Waals surface area contributed by atoms with E-state index in [1.165, 1.54) is 0 Å². The molecular formula is C13H12BrCl2NO. The Morgan fingerprint density at radius 2 is 2.06 bits per heavy atom. The van der Waals surface area contributed by atoms with E-state index in [0.29, 0.717) is 16.6 Å². The monoisotopic (exact) mass is 347 g/mol. The smallest absolute Gasteiger partial charge is 0.131 e. The maximum Gasteiger partial charge on any atom is 0.131 e. The molecule has 5 heteroatoms. The number of hydrogen-bond donors (Lipinski definition) is 1. The van der Waals surface area contributed by atoms with Crippen molar-refractivity contribution in [1.82, 2.24) is 5.32 Å². The summed E-state index contributed by atoms with van der Waals surface area (Å²) in [5, 5.41) is 4.51. The summed E-state index contributed by atoms with van der Waals surface area (Å²) in [6.07, 6.45) is 1.66. The second-order valence-corrected chi connectivity index (χ2v) is 5.64. The van der Waals surface area contributed by atoms with Gasteiger partial charge in [-0.3, -0.25) is 0 Å². The molecule has 0 radical (unpaired) electrons. The predicted octanol–water partition coefficient (Wildman–Crippen LogP) is 5.20. The molecule has 0 aliphatic rings. The minimum atomic E-state index is 0.164. The van der Waals surface area contributed by atoms with Crippen molar-refractivity contribution < 1.29 is 4.42 Å². The number of nitrogens with one attached hydrogen (secondary N) is 1. The van der Waals surface area contributed by atoms with Crippen molar-refractivity contribution in [3.63, 3.8) is 0 Å². The van der Waals surface area contributed by atoms with E-state index in [1.807, 2.05) is 18.2 Å². The third-order valence-corrected chi connectivity index (χ3v) is 4.15.